The maximum Gasteiger partial charge on any atom is 0.271 e. The van der Waals surface area contributed by atoms with Gasteiger partial charge in [-0.3, -0.25) is 10.1 Å². The summed E-state index contributed by atoms with van der Waals surface area (Å²) >= 11 is 24.5. The van der Waals surface area contributed by atoms with Crippen molar-refractivity contribution in [3.05, 3.63) is 48.5 Å². The first kappa shape index (κ1) is 18.3. The number of nitro benzene ring substituents is 1. The van der Waals surface area contributed by atoms with Crippen molar-refractivity contribution in [2.45, 2.75) is 19.4 Å². The number of hydrogen-bond donors (Lipinski definition) is 0. The predicted molar refractivity (Wildman–Crippen MR) is 99.1 cm³/mol. The number of hydrogen-bond acceptors (Lipinski definition) is 5. The van der Waals surface area contributed by atoms with E-state index in [0.29, 0.717) is 18.0 Å². The summed E-state index contributed by atoms with van der Waals surface area (Å²) in [7, 11) is 0. The molecule has 0 saturated carbocycles. The minimum absolute atomic E-state index is 0.0117. The van der Waals surface area contributed by atoms with Gasteiger partial charge < -0.3 is 9.64 Å². The number of nitro groups is 1. The molecule has 132 valence electrons. The van der Waals surface area contributed by atoms with Gasteiger partial charge in [-0.05, 0) is 19.9 Å². The number of benzene rings is 1. The molecule has 0 fully saturated rings. The molecule has 2 heterocycles. The molecule has 1 aromatic heterocycles. The first-order valence-corrected chi connectivity index (χ1v) is 8.57. The summed E-state index contributed by atoms with van der Waals surface area (Å²) in [6.45, 7) is 4.07. The lowest BCUT2D eigenvalue weighted by Gasteiger charge is -2.40. The Morgan fingerprint density at radius 2 is 1.88 bits per heavy atom. The fourth-order valence-corrected chi connectivity index (χ4v) is 3.38. The second-order valence-corrected chi connectivity index (χ2v) is 7.52. The summed E-state index contributed by atoms with van der Waals surface area (Å²) in [6.07, 6.45) is 0. The van der Waals surface area contributed by atoms with Gasteiger partial charge in [0.15, 0.2) is 11.0 Å². The van der Waals surface area contributed by atoms with E-state index in [-0.39, 0.29) is 31.7 Å². The summed E-state index contributed by atoms with van der Waals surface area (Å²) in [5, 5.41) is 11.3. The highest BCUT2D eigenvalue weighted by molar-refractivity contribution is 6.52. The number of aromatic nitrogens is 1. The zero-order valence-corrected chi connectivity index (χ0v) is 16.0. The van der Waals surface area contributed by atoms with E-state index in [0.717, 1.165) is 0 Å². The van der Waals surface area contributed by atoms with Gasteiger partial charge in [0.05, 0.1) is 27.2 Å². The number of ether oxygens (including phenoxy) is 1. The van der Waals surface area contributed by atoms with Crippen LogP contribution in [0.5, 0.6) is 5.75 Å². The summed E-state index contributed by atoms with van der Waals surface area (Å²) in [4.78, 5) is 16.5. The zero-order valence-electron chi connectivity index (χ0n) is 13.0. The lowest BCUT2D eigenvalue weighted by atomic mass is 10.0. The van der Waals surface area contributed by atoms with Crippen LogP contribution >= 0.6 is 46.4 Å². The van der Waals surface area contributed by atoms with Crippen LogP contribution in [0.3, 0.4) is 0 Å². The number of rotatable bonds is 2. The van der Waals surface area contributed by atoms with Crippen molar-refractivity contribution in [2.75, 3.05) is 11.4 Å². The lowest BCUT2D eigenvalue weighted by molar-refractivity contribution is -0.384. The number of halogens is 4. The molecule has 1 aliphatic heterocycles. The van der Waals surface area contributed by atoms with Crippen LogP contribution in [0.15, 0.2) is 18.2 Å². The zero-order chi connectivity index (χ0) is 18.5. The van der Waals surface area contributed by atoms with Gasteiger partial charge in [-0.1, -0.05) is 46.4 Å². The van der Waals surface area contributed by atoms with Crippen LogP contribution in [0.2, 0.25) is 20.2 Å². The molecule has 0 N–H and O–H groups in total. The maximum atomic E-state index is 11.1. The van der Waals surface area contributed by atoms with E-state index < -0.39 is 10.5 Å². The third-order valence-electron chi connectivity index (χ3n) is 3.59. The normalized spacial score (nSPS) is 15.5. The van der Waals surface area contributed by atoms with Crippen molar-refractivity contribution in [1.29, 1.82) is 0 Å². The minimum Gasteiger partial charge on any atom is -0.484 e. The lowest BCUT2D eigenvalue weighted by Crippen LogP contribution is -2.45. The largest absolute Gasteiger partial charge is 0.484 e. The van der Waals surface area contributed by atoms with Gasteiger partial charge in [-0.25, -0.2) is 4.98 Å². The van der Waals surface area contributed by atoms with Crippen LogP contribution in [-0.2, 0) is 0 Å². The second kappa shape index (κ2) is 6.36. The molecule has 0 aliphatic carbocycles. The number of nitrogens with zero attached hydrogens (tertiary/aromatic N) is 3. The fraction of sp³-hybridized carbons (Fsp3) is 0.267. The molecule has 25 heavy (non-hydrogen) atoms. The Hall–Kier alpha value is -1.47. The molecule has 10 heteroatoms. The number of fused-ring (bicyclic) bond motifs is 1. The van der Waals surface area contributed by atoms with Gasteiger partial charge in [-0.2, -0.15) is 0 Å². The van der Waals surface area contributed by atoms with E-state index in [4.69, 9.17) is 51.1 Å². The van der Waals surface area contributed by atoms with E-state index in [2.05, 4.69) is 4.98 Å². The van der Waals surface area contributed by atoms with Crippen molar-refractivity contribution in [1.82, 2.24) is 4.98 Å². The van der Waals surface area contributed by atoms with Crippen molar-refractivity contribution < 1.29 is 9.66 Å². The molecule has 0 saturated heterocycles. The molecule has 1 aromatic carbocycles. The van der Waals surface area contributed by atoms with Gasteiger partial charge in [-0.15, -0.1) is 0 Å². The first-order valence-electron chi connectivity index (χ1n) is 7.06. The first-order chi connectivity index (χ1) is 11.6. The van der Waals surface area contributed by atoms with E-state index in [1.165, 1.54) is 18.2 Å². The quantitative estimate of drug-likeness (QED) is 0.341. The molecular formula is C15H11Cl4N3O3. The Balaban J connectivity index is 2.24. The van der Waals surface area contributed by atoms with E-state index >= 15 is 0 Å². The Morgan fingerprint density at radius 3 is 2.52 bits per heavy atom. The molecule has 0 atom stereocenters. The molecule has 6 nitrogen and oxygen atoms in total. The molecule has 0 unspecified atom stereocenters. The Labute approximate surface area is 163 Å². The van der Waals surface area contributed by atoms with Gasteiger partial charge in [0.25, 0.3) is 5.69 Å². The van der Waals surface area contributed by atoms with Gasteiger partial charge in [0, 0.05) is 12.1 Å². The van der Waals surface area contributed by atoms with Crippen molar-refractivity contribution in [2.24, 2.45) is 0 Å². The molecule has 3 rings (SSSR count). The number of pyridine rings is 1. The minimum atomic E-state index is -0.604. The third kappa shape index (κ3) is 3.31. The van der Waals surface area contributed by atoms with Crippen LogP contribution < -0.4 is 9.64 Å². The van der Waals surface area contributed by atoms with Crippen LogP contribution in [0, 0.1) is 10.1 Å². The monoisotopic (exact) mass is 421 g/mol. The SMILES string of the molecule is CC1(C)CN(c2nc(Cl)c(Cl)c(Cl)c2Cl)c2cc([N+](=O)[O-])ccc2O1. The summed E-state index contributed by atoms with van der Waals surface area (Å²) < 4.78 is 5.90. The second-order valence-electron chi connectivity index (χ2n) is 6.03. The van der Waals surface area contributed by atoms with Crippen molar-refractivity contribution in [3.8, 4) is 5.75 Å². The maximum absolute atomic E-state index is 11.1. The molecule has 0 spiro atoms. The summed E-state index contributed by atoms with van der Waals surface area (Å²) in [6, 6.07) is 4.29. The Kier molecular flexibility index (Phi) is 4.66. The van der Waals surface area contributed by atoms with Crippen molar-refractivity contribution in [3.63, 3.8) is 0 Å². The fourth-order valence-electron chi connectivity index (χ4n) is 2.56. The highest BCUT2D eigenvalue weighted by atomic mass is 35.5. The average molecular weight is 423 g/mol. The summed E-state index contributed by atoms with van der Waals surface area (Å²) in [5.41, 5.74) is -0.251. The van der Waals surface area contributed by atoms with Crippen LogP contribution in [0.4, 0.5) is 17.2 Å². The number of anilines is 2. The molecular weight excluding hydrogens is 412 g/mol. The van der Waals surface area contributed by atoms with E-state index in [1.807, 2.05) is 13.8 Å². The average Bonchev–Trinajstić information content (AvgIpc) is 2.54. The topological polar surface area (TPSA) is 68.5 Å². The Morgan fingerprint density at radius 1 is 1.20 bits per heavy atom. The smallest absolute Gasteiger partial charge is 0.271 e. The van der Waals surface area contributed by atoms with Gasteiger partial charge >= 0.3 is 0 Å². The molecule has 1 aliphatic rings. The molecule has 0 radical (unpaired) electrons. The molecule has 2 aromatic rings. The number of non-ortho nitro benzene ring substituents is 1. The predicted octanol–water partition coefficient (Wildman–Crippen LogP) is 5.91. The van der Waals surface area contributed by atoms with Crippen molar-refractivity contribution >= 4 is 63.6 Å². The summed E-state index contributed by atoms with van der Waals surface area (Å²) in [5.74, 6) is 0.709. The van der Waals surface area contributed by atoms with Gasteiger partial charge in [0.2, 0.25) is 0 Å². The van der Waals surface area contributed by atoms with E-state index in [9.17, 15) is 10.1 Å². The van der Waals surface area contributed by atoms with Crippen LogP contribution in [0.1, 0.15) is 13.8 Å². The molecule has 0 amide bonds. The van der Waals surface area contributed by atoms with Crippen LogP contribution in [-0.4, -0.2) is 22.1 Å². The highest BCUT2D eigenvalue weighted by Crippen LogP contribution is 2.47. The highest BCUT2D eigenvalue weighted by Gasteiger charge is 2.36. The van der Waals surface area contributed by atoms with E-state index in [1.54, 1.807) is 4.90 Å². The van der Waals surface area contributed by atoms with Crippen LogP contribution in [0.25, 0.3) is 0 Å². The standard InChI is InChI=1S/C15H11Cl4N3O3/c1-15(2)6-21(14-12(18)10(16)11(17)13(19)20-14)8-5-7(22(23)24)3-4-9(8)25-15/h3-5H,6H2,1-2H3. The third-order valence-corrected chi connectivity index (χ3v) is 5.26. The Bertz CT molecular complexity index is 889. The molecule has 0 bridgehead atoms. The van der Waals surface area contributed by atoms with Gasteiger partial charge in [0.1, 0.15) is 16.4 Å².